The van der Waals surface area contributed by atoms with Crippen LogP contribution in [0.25, 0.3) is 0 Å². The Labute approximate surface area is 194 Å². The number of hydrogen-bond donors (Lipinski definition) is 1. The molecule has 2 aliphatic rings. The van der Waals surface area contributed by atoms with Gasteiger partial charge in [0.1, 0.15) is 16.4 Å². The Kier molecular flexibility index (Phi) is 7.21. The summed E-state index contributed by atoms with van der Waals surface area (Å²) in [6.45, 7) is 1.40. The maximum absolute atomic E-state index is 13.6. The largest absolute Gasteiger partial charge is 0.496 e. The minimum atomic E-state index is -3.80. The van der Waals surface area contributed by atoms with E-state index in [1.807, 2.05) is 24.3 Å². The van der Waals surface area contributed by atoms with Gasteiger partial charge in [0.05, 0.1) is 20.3 Å². The lowest BCUT2D eigenvalue weighted by molar-refractivity contribution is 0.0505. The van der Waals surface area contributed by atoms with Crippen molar-refractivity contribution in [1.29, 1.82) is 0 Å². The normalized spacial score (nSPS) is 18.2. The van der Waals surface area contributed by atoms with Gasteiger partial charge in [0, 0.05) is 36.9 Å². The summed E-state index contributed by atoms with van der Waals surface area (Å²) in [5.41, 5.74) is 1.14. The second-order valence-electron chi connectivity index (χ2n) is 8.39. The van der Waals surface area contributed by atoms with Crippen LogP contribution in [0.5, 0.6) is 11.5 Å². The molecule has 2 fully saturated rings. The first-order valence-corrected chi connectivity index (χ1v) is 12.6. The predicted octanol–water partition coefficient (Wildman–Crippen LogP) is 2.97. The smallest absolute Gasteiger partial charge is 0.254 e. The Bertz CT molecular complexity index is 1090. The van der Waals surface area contributed by atoms with Crippen molar-refractivity contribution in [1.82, 2.24) is 9.62 Å². The van der Waals surface area contributed by atoms with Crippen molar-refractivity contribution in [2.45, 2.75) is 49.3 Å². The molecule has 0 radical (unpaired) electrons. The molecular formula is C24H30N2O6S. The quantitative estimate of drug-likeness (QED) is 0.569. The van der Waals surface area contributed by atoms with Gasteiger partial charge in [-0.1, -0.05) is 18.2 Å². The van der Waals surface area contributed by atoms with Gasteiger partial charge in [-0.25, -0.2) is 13.1 Å². The molecule has 1 aliphatic heterocycles. The van der Waals surface area contributed by atoms with Gasteiger partial charge in [0.2, 0.25) is 10.0 Å². The molecule has 0 spiro atoms. The van der Waals surface area contributed by atoms with Crippen LogP contribution in [-0.2, 0) is 21.3 Å². The Balaban J connectivity index is 1.65. The number of hydrogen-bond acceptors (Lipinski definition) is 6. The average Bonchev–Trinajstić information content (AvgIpc) is 3.47. The molecule has 1 unspecified atom stereocenters. The van der Waals surface area contributed by atoms with E-state index in [9.17, 15) is 13.2 Å². The van der Waals surface area contributed by atoms with E-state index in [1.54, 1.807) is 18.1 Å². The summed E-state index contributed by atoms with van der Waals surface area (Å²) in [7, 11) is -0.793. The summed E-state index contributed by atoms with van der Waals surface area (Å²) in [6.07, 6.45) is 3.41. The maximum Gasteiger partial charge on any atom is 0.254 e. The lowest BCUT2D eigenvalue weighted by atomic mass is 10.1. The first-order chi connectivity index (χ1) is 15.9. The van der Waals surface area contributed by atoms with Crippen LogP contribution >= 0.6 is 0 Å². The van der Waals surface area contributed by atoms with Crippen LogP contribution in [0.3, 0.4) is 0 Å². The lowest BCUT2D eigenvalue weighted by Crippen LogP contribution is -2.37. The number of sulfonamides is 1. The molecule has 0 aromatic heterocycles. The molecule has 1 amide bonds. The number of benzene rings is 2. The average molecular weight is 475 g/mol. The van der Waals surface area contributed by atoms with Gasteiger partial charge in [-0.3, -0.25) is 4.79 Å². The molecule has 9 heteroatoms. The molecular weight excluding hydrogens is 444 g/mol. The highest BCUT2D eigenvalue weighted by Gasteiger charge is 2.31. The van der Waals surface area contributed by atoms with Crippen LogP contribution < -0.4 is 14.2 Å². The van der Waals surface area contributed by atoms with Crippen molar-refractivity contribution >= 4 is 15.9 Å². The minimum Gasteiger partial charge on any atom is -0.496 e. The van der Waals surface area contributed by atoms with E-state index in [-0.39, 0.29) is 34.3 Å². The Morgan fingerprint density at radius 1 is 1.09 bits per heavy atom. The van der Waals surface area contributed by atoms with Crippen molar-refractivity contribution < 1.29 is 27.4 Å². The molecule has 178 valence electrons. The van der Waals surface area contributed by atoms with Crippen molar-refractivity contribution in [2.75, 3.05) is 27.4 Å². The van der Waals surface area contributed by atoms with Crippen molar-refractivity contribution in [3.63, 3.8) is 0 Å². The molecule has 4 rings (SSSR count). The highest BCUT2D eigenvalue weighted by atomic mass is 32.2. The molecule has 1 heterocycles. The fraction of sp³-hybridized carbons (Fsp3) is 0.458. The van der Waals surface area contributed by atoms with E-state index in [4.69, 9.17) is 14.2 Å². The van der Waals surface area contributed by atoms with Gasteiger partial charge in [-0.15, -0.1) is 0 Å². The Hall–Kier alpha value is -2.62. The fourth-order valence-corrected chi connectivity index (χ4v) is 5.48. The number of carbonyl (C=O) groups is 1. The molecule has 2 aromatic rings. The van der Waals surface area contributed by atoms with E-state index < -0.39 is 10.0 Å². The topological polar surface area (TPSA) is 94.2 Å². The summed E-state index contributed by atoms with van der Waals surface area (Å²) < 4.78 is 45.0. The molecule has 2 aromatic carbocycles. The second-order valence-corrected chi connectivity index (χ2v) is 10.1. The molecule has 1 saturated carbocycles. The Morgan fingerprint density at radius 3 is 2.52 bits per heavy atom. The highest BCUT2D eigenvalue weighted by molar-refractivity contribution is 7.89. The fourth-order valence-electron chi connectivity index (χ4n) is 3.98. The van der Waals surface area contributed by atoms with Gasteiger partial charge < -0.3 is 19.1 Å². The SMILES string of the molecule is COc1ccccc1CN(CC1CCCO1)C(=O)c1ccc(OC)c(S(=O)(=O)NC2CC2)c1. The third-order valence-electron chi connectivity index (χ3n) is 5.89. The molecule has 1 atom stereocenters. The summed E-state index contributed by atoms with van der Waals surface area (Å²) in [4.78, 5) is 15.3. The zero-order chi connectivity index (χ0) is 23.4. The summed E-state index contributed by atoms with van der Waals surface area (Å²) >= 11 is 0. The van der Waals surface area contributed by atoms with E-state index in [2.05, 4.69) is 4.72 Å². The molecule has 8 nitrogen and oxygen atoms in total. The van der Waals surface area contributed by atoms with Gasteiger partial charge in [-0.2, -0.15) is 0 Å². The number of ether oxygens (including phenoxy) is 3. The summed E-state index contributed by atoms with van der Waals surface area (Å²) in [6, 6.07) is 12.0. The number of carbonyl (C=O) groups excluding carboxylic acids is 1. The van der Waals surface area contributed by atoms with Crippen LogP contribution in [0.4, 0.5) is 0 Å². The van der Waals surface area contributed by atoms with E-state index in [1.165, 1.54) is 19.2 Å². The molecule has 1 saturated heterocycles. The predicted molar refractivity (Wildman–Crippen MR) is 123 cm³/mol. The molecule has 33 heavy (non-hydrogen) atoms. The Morgan fingerprint density at radius 2 is 1.85 bits per heavy atom. The molecule has 1 N–H and O–H groups in total. The number of nitrogens with zero attached hydrogens (tertiary/aromatic N) is 1. The number of methoxy groups -OCH3 is 2. The third-order valence-corrected chi connectivity index (χ3v) is 7.43. The number of nitrogens with one attached hydrogen (secondary N) is 1. The number of amides is 1. The zero-order valence-electron chi connectivity index (χ0n) is 19.0. The van der Waals surface area contributed by atoms with Crippen LogP contribution in [0.2, 0.25) is 0 Å². The van der Waals surface area contributed by atoms with Gasteiger partial charge >= 0.3 is 0 Å². The van der Waals surface area contributed by atoms with Crippen molar-refractivity contribution in [3.05, 3.63) is 53.6 Å². The minimum absolute atomic E-state index is 0.0305. The van der Waals surface area contributed by atoms with Crippen LogP contribution in [0, 0.1) is 0 Å². The van der Waals surface area contributed by atoms with Gasteiger partial charge in [-0.05, 0) is 49.9 Å². The highest BCUT2D eigenvalue weighted by Crippen LogP contribution is 2.29. The standard InChI is InChI=1S/C24H30N2O6S/c1-30-21-8-4-3-6-18(21)15-26(16-20-7-5-13-32-20)24(27)17-9-12-22(31-2)23(14-17)33(28,29)25-19-10-11-19/h3-4,6,8-9,12,14,19-20,25H,5,7,10-11,13,15-16H2,1-2H3. The first kappa shape index (κ1) is 23.5. The number of rotatable bonds is 10. The molecule has 0 bridgehead atoms. The van der Waals surface area contributed by atoms with Crippen LogP contribution in [0.15, 0.2) is 47.4 Å². The summed E-state index contributed by atoms with van der Waals surface area (Å²) in [5.74, 6) is 0.617. The van der Waals surface area contributed by atoms with E-state index >= 15 is 0 Å². The number of para-hydroxylation sites is 1. The van der Waals surface area contributed by atoms with Gasteiger partial charge in [0.25, 0.3) is 5.91 Å². The monoisotopic (exact) mass is 474 g/mol. The second kappa shape index (κ2) is 10.1. The lowest BCUT2D eigenvalue weighted by Gasteiger charge is -2.26. The van der Waals surface area contributed by atoms with Crippen LogP contribution in [-0.4, -0.2) is 58.7 Å². The van der Waals surface area contributed by atoms with Crippen molar-refractivity contribution in [3.8, 4) is 11.5 Å². The zero-order valence-corrected chi connectivity index (χ0v) is 19.8. The maximum atomic E-state index is 13.6. The first-order valence-electron chi connectivity index (χ1n) is 11.1. The van der Waals surface area contributed by atoms with Crippen molar-refractivity contribution in [2.24, 2.45) is 0 Å². The molecule has 1 aliphatic carbocycles. The van der Waals surface area contributed by atoms with Crippen LogP contribution in [0.1, 0.15) is 41.6 Å². The van der Waals surface area contributed by atoms with Gasteiger partial charge in [0.15, 0.2) is 0 Å². The van der Waals surface area contributed by atoms with E-state index in [0.29, 0.717) is 25.4 Å². The van der Waals surface area contributed by atoms with E-state index in [0.717, 1.165) is 31.2 Å². The third kappa shape index (κ3) is 5.66. The summed E-state index contributed by atoms with van der Waals surface area (Å²) in [5, 5.41) is 0.